The van der Waals surface area contributed by atoms with Crippen LogP contribution in [0.2, 0.25) is 0 Å². The first kappa shape index (κ1) is 23.3. The molecule has 2 N–H and O–H groups in total. The summed E-state index contributed by atoms with van der Waals surface area (Å²) in [6.45, 7) is 11.1. The molecule has 0 saturated carbocycles. The number of rotatable bonds is 12. The van der Waals surface area contributed by atoms with E-state index in [-0.39, 0.29) is 5.75 Å². The van der Waals surface area contributed by atoms with Gasteiger partial charge < -0.3 is 14.9 Å². The van der Waals surface area contributed by atoms with Crippen molar-refractivity contribution in [1.29, 1.82) is 0 Å². The standard InChI is InChI=1S/C23H38O4/c1-22(2,3)13-9-6-7-11-18-15-20(25)16-19(21(18)26)12-8-10-14-23(4,5)27-17-24/h15-17,25-26H,6-14H2,1-5H3. The Hall–Kier alpha value is -1.71. The molecule has 0 spiro atoms. The fourth-order valence-corrected chi connectivity index (χ4v) is 3.33. The van der Waals surface area contributed by atoms with Gasteiger partial charge in [0.1, 0.15) is 17.1 Å². The summed E-state index contributed by atoms with van der Waals surface area (Å²) >= 11 is 0. The number of phenols is 2. The Morgan fingerprint density at radius 1 is 0.852 bits per heavy atom. The van der Waals surface area contributed by atoms with Crippen molar-refractivity contribution in [3.8, 4) is 11.5 Å². The van der Waals surface area contributed by atoms with E-state index in [1.165, 1.54) is 12.8 Å². The summed E-state index contributed by atoms with van der Waals surface area (Å²) in [7, 11) is 0. The second-order valence-electron chi connectivity index (χ2n) is 9.41. The first-order valence-electron chi connectivity index (χ1n) is 10.2. The van der Waals surface area contributed by atoms with Gasteiger partial charge in [-0.1, -0.05) is 33.6 Å². The van der Waals surface area contributed by atoms with Crippen molar-refractivity contribution in [1.82, 2.24) is 0 Å². The molecule has 1 aromatic carbocycles. The van der Waals surface area contributed by atoms with Gasteiger partial charge in [0.25, 0.3) is 6.47 Å². The van der Waals surface area contributed by atoms with Crippen LogP contribution in [0.4, 0.5) is 0 Å². The van der Waals surface area contributed by atoms with E-state index in [1.54, 1.807) is 12.1 Å². The fraction of sp³-hybridized carbons (Fsp3) is 0.696. The highest BCUT2D eigenvalue weighted by atomic mass is 16.5. The van der Waals surface area contributed by atoms with E-state index >= 15 is 0 Å². The lowest BCUT2D eigenvalue weighted by molar-refractivity contribution is -0.140. The minimum Gasteiger partial charge on any atom is -0.508 e. The molecule has 0 amide bonds. The number of aromatic hydroxyl groups is 2. The van der Waals surface area contributed by atoms with E-state index in [0.717, 1.165) is 49.7 Å². The Morgan fingerprint density at radius 3 is 1.89 bits per heavy atom. The molecule has 0 aliphatic carbocycles. The predicted molar refractivity (Wildman–Crippen MR) is 110 cm³/mol. The van der Waals surface area contributed by atoms with Gasteiger partial charge in [-0.25, -0.2) is 0 Å². The van der Waals surface area contributed by atoms with Gasteiger partial charge in [-0.3, -0.25) is 4.79 Å². The smallest absolute Gasteiger partial charge is 0.293 e. The van der Waals surface area contributed by atoms with Crippen LogP contribution in [0.1, 0.15) is 90.7 Å². The Kier molecular flexibility index (Phi) is 9.14. The maximum Gasteiger partial charge on any atom is 0.293 e. The van der Waals surface area contributed by atoms with Crippen molar-refractivity contribution < 1.29 is 19.7 Å². The molecule has 154 valence electrons. The van der Waals surface area contributed by atoms with Crippen LogP contribution >= 0.6 is 0 Å². The second kappa shape index (κ2) is 10.6. The van der Waals surface area contributed by atoms with Crippen LogP contribution in [0.5, 0.6) is 11.5 Å². The van der Waals surface area contributed by atoms with E-state index in [9.17, 15) is 15.0 Å². The van der Waals surface area contributed by atoms with Crippen LogP contribution in [-0.4, -0.2) is 22.3 Å². The van der Waals surface area contributed by atoms with Crippen molar-refractivity contribution in [3.05, 3.63) is 23.3 Å². The molecule has 0 bridgehead atoms. The molecule has 0 saturated heterocycles. The zero-order chi connectivity index (χ0) is 20.5. The SMILES string of the molecule is CC(C)(C)CCCCCc1cc(O)cc(CCCCC(C)(C)OC=O)c1O. The van der Waals surface area contributed by atoms with Gasteiger partial charge in [-0.2, -0.15) is 0 Å². The summed E-state index contributed by atoms with van der Waals surface area (Å²) in [5.74, 6) is 0.545. The van der Waals surface area contributed by atoms with E-state index < -0.39 is 5.60 Å². The summed E-state index contributed by atoms with van der Waals surface area (Å²) in [4.78, 5) is 10.5. The zero-order valence-corrected chi connectivity index (χ0v) is 17.8. The summed E-state index contributed by atoms with van der Waals surface area (Å²) in [6, 6.07) is 3.34. The van der Waals surface area contributed by atoms with Gasteiger partial charge in [0.05, 0.1) is 0 Å². The minimum absolute atomic E-state index is 0.220. The normalized spacial score (nSPS) is 12.2. The molecular formula is C23H38O4. The van der Waals surface area contributed by atoms with Crippen molar-refractivity contribution >= 4 is 6.47 Å². The molecule has 4 nitrogen and oxygen atoms in total. The van der Waals surface area contributed by atoms with Crippen LogP contribution in [0, 0.1) is 5.41 Å². The predicted octanol–water partition coefficient (Wildman–Crippen LogP) is 5.91. The third kappa shape index (κ3) is 9.69. The first-order valence-corrected chi connectivity index (χ1v) is 10.2. The molecule has 0 heterocycles. The molecule has 0 atom stereocenters. The molecule has 0 aliphatic heterocycles. The maximum absolute atomic E-state index is 10.6. The van der Waals surface area contributed by atoms with Gasteiger partial charge >= 0.3 is 0 Å². The van der Waals surface area contributed by atoms with Crippen LogP contribution < -0.4 is 0 Å². The first-order chi connectivity index (χ1) is 12.5. The van der Waals surface area contributed by atoms with E-state index in [0.29, 0.717) is 24.1 Å². The van der Waals surface area contributed by atoms with Crippen LogP contribution in [-0.2, 0) is 22.4 Å². The fourth-order valence-electron chi connectivity index (χ4n) is 3.33. The average molecular weight is 379 g/mol. The number of hydrogen-bond acceptors (Lipinski definition) is 4. The highest BCUT2D eigenvalue weighted by Crippen LogP contribution is 2.31. The van der Waals surface area contributed by atoms with Gasteiger partial charge in [-0.05, 0) is 87.5 Å². The monoisotopic (exact) mass is 378 g/mol. The van der Waals surface area contributed by atoms with Crippen LogP contribution in [0.15, 0.2) is 12.1 Å². The third-order valence-electron chi connectivity index (χ3n) is 4.97. The molecular weight excluding hydrogens is 340 g/mol. The molecule has 27 heavy (non-hydrogen) atoms. The number of hydrogen-bond donors (Lipinski definition) is 2. The highest BCUT2D eigenvalue weighted by Gasteiger charge is 2.18. The molecule has 1 rings (SSSR count). The summed E-state index contributed by atoms with van der Waals surface area (Å²) in [6.07, 6.45) is 8.56. The van der Waals surface area contributed by atoms with Crippen molar-refractivity contribution in [2.45, 2.75) is 98.0 Å². The van der Waals surface area contributed by atoms with Gasteiger partial charge in [0, 0.05) is 0 Å². The molecule has 1 aromatic rings. The molecule has 4 heteroatoms. The van der Waals surface area contributed by atoms with E-state index in [2.05, 4.69) is 20.8 Å². The molecule has 0 fully saturated rings. The average Bonchev–Trinajstić information content (AvgIpc) is 2.53. The highest BCUT2D eigenvalue weighted by molar-refractivity contribution is 5.46. The number of unbranched alkanes of at least 4 members (excludes halogenated alkanes) is 3. The lowest BCUT2D eigenvalue weighted by Crippen LogP contribution is -2.23. The number of benzene rings is 1. The van der Waals surface area contributed by atoms with Crippen LogP contribution in [0.25, 0.3) is 0 Å². The minimum atomic E-state index is -0.458. The van der Waals surface area contributed by atoms with Crippen molar-refractivity contribution in [3.63, 3.8) is 0 Å². The summed E-state index contributed by atoms with van der Waals surface area (Å²) in [5.41, 5.74) is 1.55. The summed E-state index contributed by atoms with van der Waals surface area (Å²) < 4.78 is 5.06. The lowest BCUT2D eigenvalue weighted by atomic mass is 9.89. The number of ether oxygens (including phenoxy) is 1. The van der Waals surface area contributed by atoms with Gasteiger partial charge in [0.2, 0.25) is 0 Å². The second-order valence-corrected chi connectivity index (χ2v) is 9.41. The molecule has 0 aliphatic rings. The number of phenolic OH excluding ortho intramolecular Hbond substituents is 2. The summed E-state index contributed by atoms with van der Waals surface area (Å²) in [5, 5.41) is 20.6. The van der Waals surface area contributed by atoms with E-state index in [4.69, 9.17) is 4.74 Å². The van der Waals surface area contributed by atoms with Crippen molar-refractivity contribution in [2.75, 3.05) is 0 Å². The Balaban J connectivity index is 2.51. The Bertz CT molecular complexity index is 585. The molecule has 0 radical (unpaired) electrons. The lowest BCUT2D eigenvalue weighted by Gasteiger charge is -2.22. The number of carbonyl (C=O) groups is 1. The number of carbonyl (C=O) groups excluding carboxylic acids is 1. The number of aryl methyl sites for hydroxylation is 2. The Morgan fingerprint density at radius 2 is 1.37 bits per heavy atom. The van der Waals surface area contributed by atoms with Crippen LogP contribution in [0.3, 0.4) is 0 Å². The maximum atomic E-state index is 10.6. The van der Waals surface area contributed by atoms with E-state index in [1.807, 2.05) is 13.8 Å². The Labute approximate surface area is 164 Å². The molecule has 0 unspecified atom stereocenters. The van der Waals surface area contributed by atoms with Crippen molar-refractivity contribution in [2.24, 2.45) is 5.41 Å². The topological polar surface area (TPSA) is 66.8 Å². The molecule has 0 aromatic heterocycles. The third-order valence-corrected chi connectivity index (χ3v) is 4.97. The quantitative estimate of drug-likeness (QED) is 0.269. The largest absolute Gasteiger partial charge is 0.508 e. The van der Waals surface area contributed by atoms with Gasteiger partial charge in [-0.15, -0.1) is 0 Å². The van der Waals surface area contributed by atoms with Gasteiger partial charge in [0.15, 0.2) is 0 Å². The zero-order valence-electron chi connectivity index (χ0n) is 17.8.